The fourth-order valence-corrected chi connectivity index (χ4v) is 5.51. The van der Waals surface area contributed by atoms with Crippen LogP contribution in [0, 0.1) is 5.92 Å². The molecule has 0 bridgehead atoms. The predicted molar refractivity (Wildman–Crippen MR) is 93.9 cm³/mol. The topological polar surface area (TPSA) is 29.0 Å². The number of rotatable bonds is 2. The SMILES string of the molecule is C[C@H]1CCc2c(sc3ncnc(N(C)C4CCCCC4)c23)C1. The molecule has 22 heavy (non-hydrogen) atoms. The number of thiophene rings is 1. The van der Waals surface area contributed by atoms with Crippen LogP contribution in [0.2, 0.25) is 0 Å². The van der Waals surface area contributed by atoms with E-state index in [4.69, 9.17) is 4.98 Å². The van der Waals surface area contributed by atoms with Crippen molar-refractivity contribution in [1.82, 2.24) is 9.97 Å². The monoisotopic (exact) mass is 315 g/mol. The molecule has 0 aliphatic heterocycles. The van der Waals surface area contributed by atoms with E-state index in [1.165, 1.54) is 67.4 Å². The zero-order valence-corrected chi connectivity index (χ0v) is 14.5. The molecule has 4 heteroatoms. The smallest absolute Gasteiger partial charge is 0.141 e. The van der Waals surface area contributed by atoms with Gasteiger partial charge in [-0.1, -0.05) is 26.2 Å². The number of anilines is 1. The van der Waals surface area contributed by atoms with Crippen LogP contribution in [0.15, 0.2) is 6.33 Å². The Morgan fingerprint density at radius 2 is 1.95 bits per heavy atom. The van der Waals surface area contributed by atoms with Gasteiger partial charge in [-0.3, -0.25) is 0 Å². The molecule has 3 nitrogen and oxygen atoms in total. The van der Waals surface area contributed by atoms with Crippen LogP contribution in [-0.2, 0) is 12.8 Å². The summed E-state index contributed by atoms with van der Waals surface area (Å²) in [6.07, 6.45) is 12.2. The summed E-state index contributed by atoms with van der Waals surface area (Å²) in [7, 11) is 2.24. The second-order valence-electron chi connectivity index (χ2n) is 7.13. The maximum Gasteiger partial charge on any atom is 0.141 e. The molecule has 118 valence electrons. The van der Waals surface area contributed by atoms with Crippen molar-refractivity contribution >= 4 is 27.4 Å². The minimum absolute atomic E-state index is 0.657. The maximum atomic E-state index is 4.70. The third-order valence-corrected chi connectivity index (χ3v) is 6.69. The van der Waals surface area contributed by atoms with Crippen molar-refractivity contribution in [3.63, 3.8) is 0 Å². The largest absolute Gasteiger partial charge is 0.356 e. The first-order valence-corrected chi connectivity index (χ1v) is 9.53. The molecule has 2 aromatic rings. The minimum atomic E-state index is 0.657. The first kappa shape index (κ1) is 14.4. The van der Waals surface area contributed by atoms with Crippen LogP contribution in [0.5, 0.6) is 0 Å². The summed E-state index contributed by atoms with van der Waals surface area (Å²) in [5.74, 6) is 2.00. The summed E-state index contributed by atoms with van der Waals surface area (Å²) in [5.41, 5.74) is 1.55. The second kappa shape index (κ2) is 5.80. The van der Waals surface area contributed by atoms with Crippen molar-refractivity contribution in [3.05, 3.63) is 16.8 Å². The van der Waals surface area contributed by atoms with Gasteiger partial charge in [-0.15, -0.1) is 11.3 Å². The number of fused-ring (bicyclic) bond motifs is 3. The lowest BCUT2D eigenvalue weighted by molar-refractivity contribution is 0.426. The summed E-state index contributed by atoms with van der Waals surface area (Å²) in [6.45, 7) is 2.37. The Balaban J connectivity index is 1.77. The first-order valence-electron chi connectivity index (χ1n) is 8.72. The van der Waals surface area contributed by atoms with E-state index >= 15 is 0 Å². The quantitative estimate of drug-likeness (QED) is 0.812. The van der Waals surface area contributed by atoms with Gasteiger partial charge < -0.3 is 4.90 Å². The third kappa shape index (κ3) is 2.41. The second-order valence-corrected chi connectivity index (χ2v) is 8.22. The molecule has 0 aromatic carbocycles. The molecule has 2 heterocycles. The Morgan fingerprint density at radius 1 is 1.14 bits per heavy atom. The molecule has 0 N–H and O–H groups in total. The van der Waals surface area contributed by atoms with Gasteiger partial charge in [0, 0.05) is 18.0 Å². The maximum absolute atomic E-state index is 4.70. The molecule has 0 amide bonds. The zero-order valence-electron chi connectivity index (χ0n) is 13.6. The van der Waals surface area contributed by atoms with Gasteiger partial charge in [0.1, 0.15) is 17.0 Å². The average molecular weight is 315 g/mol. The van der Waals surface area contributed by atoms with Gasteiger partial charge in [-0.2, -0.15) is 0 Å². The molecule has 0 spiro atoms. The highest BCUT2D eigenvalue weighted by molar-refractivity contribution is 7.19. The van der Waals surface area contributed by atoms with E-state index in [1.54, 1.807) is 16.8 Å². The Morgan fingerprint density at radius 3 is 2.77 bits per heavy atom. The number of aromatic nitrogens is 2. The van der Waals surface area contributed by atoms with Crippen LogP contribution in [0.3, 0.4) is 0 Å². The lowest BCUT2D eigenvalue weighted by Gasteiger charge is -2.32. The molecule has 0 unspecified atom stereocenters. The average Bonchev–Trinajstić information content (AvgIpc) is 2.92. The normalized spacial score (nSPS) is 22.7. The number of hydrogen-bond acceptors (Lipinski definition) is 4. The van der Waals surface area contributed by atoms with E-state index in [1.807, 2.05) is 11.3 Å². The molecule has 4 rings (SSSR count). The third-order valence-electron chi connectivity index (χ3n) is 5.53. The lowest BCUT2D eigenvalue weighted by atomic mass is 9.89. The van der Waals surface area contributed by atoms with Crippen molar-refractivity contribution in [2.24, 2.45) is 5.92 Å². The van der Waals surface area contributed by atoms with Gasteiger partial charge in [0.25, 0.3) is 0 Å². The van der Waals surface area contributed by atoms with Crippen molar-refractivity contribution in [2.75, 3.05) is 11.9 Å². The molecular formula is C18H25N3S. The highest BCUT2D eigenvalue weighted by Crippen LogP contribution is 2.41. The predicted octanol–water partition coefficient (Wildman–Crippen LogP) is 4.59. The number of aryl methyl sites for hydroxylation is 1. The van der Waals surface area contributed by atoms with Gasteiger partial charge in [0.2, 0.25) is 0 Å². The Hall–Kier alpha value is -1.16. The van der Waals surface area contributed by atoms with Crippen LogP contribution in [0.25, 0.3) is 10.2 Å². The molecule has 1 atom stereocenters. The van der Waals surface area contributed by atoms with Gasteiger partial charge in [0.05, 0.1) is 5.39 Å². The fourth-order valence-electron chi connectivity index (χ4n) is 4.17. The summed E-state index contributed by atoms with van der Waals surface area (Å²) in [4.78, 5) is 14.5. The molecule has 2 aliphatic carbocycles. The standard InChI is InChI=1S/C18H25N3S/c1-12-8-9-14-15(10-12)22-18-16(14)17(19-11-20-18)21(2)13-6-4-3-5-7-13/h11-13H,3-10H2,1-2H3/t12-/m0/s1. The Labute approximate surface area is 136 Å². The van der Waals surface area contributed by atoms with Gasteiger partial charge in [0.15, 0.2) is 0 Å². The Bertz CT molecular complexity index is 672. The van der Waals surface area contributed by atoms with E-state index in [2.05, 4.69) is 23.9 Å². The molecule has 1 saturated carbocycles. The number of hydrogen-bond donors (Lipinski definition) is 0. The van der Waals surface area contributed by atoms with Crippen LogP contribution in [0.4, 0.5) is 5.82 Å². The van der Waals surface area contributed by atoms with Gasteiger partial charge >= 0.3 is 0 Å². The Kier molecular flexibility index (Phi) is 3.81. The molecule has 1 fully saturated rings. The zero-order chi connectivity index (χ0) is 15.1. The summed E-state index contributed by atoms with van der Waals surface area (Å²) >= 11 is 1.90. The fraction of sp³-hybridized carbons (Fsp3) is 0.667. The van der Waals surface area contributed by atoms with Gasteiger partial charge in [-0.05, 0) is 43.6 Å². The molecular weight excluding hydrogens is 290 g/mol. The highest BCUT2D eigenvalue weighted by Gasteiger charge is 2.26. The van der Waals surface area contributed by atoms with Gasteiger partial charge in [-0.25, -0.2) is 9.97 Å². The van der Waals surface area contributed by atoms with Crippen molar-refractivity contribution in [2.45, 2.75) is 64.3 Å². The summed E-state index contributed by atoms with van der Waals surface area (Å²) in [5, 5.41) is 1.36. The summed E-state index contributed by atoms with van der Waals surface area (Å²) in [6, 6.07) is 0.657. The minimum Gasteiger partial charge on any atom is -0.356 e. The van der Waals surface area contributed by atoms with Crippen LogP contribution < -0.4 is 4.90 Å². The van der Waals surface area contributed by atoms with E-state index in [9.17, 15) is 0 Å². The van der Waals surface area contributed by atoms with Crippen LogP contribution in [0.1, 0.15) is 55.9 Å². The van der Waals surface area contributed by atoms with E-state index in [0.717, 1.165) is 5.92 Å². The van der Waals surface area contributed by atoms with E-state index in [0.29, 0.717) is 6.04 Å². The lowest BCUT2D eigenvalue weighted by Crippen LogP contribution is -2.34. The van der Waals surface area contributed by atoms with Crippen LogP contribution in [-0.4, -0.2) is 23.1 Å². The van der Waals surface area contributed by atoms with E-state index < -0.39 is 0 Å². The summed E-state index contributed by atoms with van der Waals surface area (Å²) < 4.78 is 0. The van der Waals surface area contributed by atoms with E-state index in [-0.39, 0.29) is 0 Å². The van der Waals surface area contributed by atoms with Crippen LogP contribution >= 0.6 is 11.3 Å². The van der Waals surface area contributed by atoms with Crippen molar-refractivity contribution in [1.29, 1.82) is 0 Å². The van der Waals surface area contributed by atoms with Crippen molar-refractivity contribution in [3.8, 4) is 0 Å². The molecule has 2 aliphatic rings. The molecule has 2 aromatic heterocycles. The van der Waals surface area contributed by atoms with Crippen molar-refractivity contribution < 1.29 is 0 Å². The number of nitrogens with zero attached hydrogens (tertiary/aromatic N) is 3. The highest BCUT2D eigenvalue weighted by atomic mass is 32.1. The first-order chi connectivity index (χ1) is 10.7. The molecule has 0 saturated heterocycles. The molecule has 0 radical (unpaired) electrons.